The van der Waals surface area contributed by atoms with Gasteiger partial charge in [0.25, 0.3) is 0 Å². The average Bonchev–Trinajstić information content (AvgIpc) is 2.54. The number of sulfonamides is 1. The number of benzene rings is 1. The number of aliphatic hydroxyl groups excluding tert-OH is 1. The quantitative estimate of drug-likeness (QED) is 0.845. The van der Waals surface area contributed by atoms with E-state index < -0.39 is 28.1 Å². The molecule has 0 aliphatic carbocycles. The van der Waals surface area contributed by atoms with Gasteiger partial charge < -0.3 is 10.4 Å². The summed E-state index contributed by atoms with van der Waals surface area (Å²) in [5, 5.41) is 13.0. The number of likely N-dealkylation sites (N-methyl/N-ethyl adjacent to an activating group) is 1. The minimum Gasteiger partial charge on any atom is -0.386 e. The van der Waals surface area contributed by atoms with Gasteiger partial charge in [0.15, 0.2) is 0 Å². The number of hydrogen-bond acceptors (Lipinski definition) is 5. The minimum absolute atomic E-state index is 0.0110. The third-order valence-corrected chi connectivity index (χ3v) is 5.68. The monoisotopic (exact) mass is 333 g/mol. The molecule has 0 spiro atoms. The molecule has 1 aliphatic heterocycles. The zero-order valence-corrected chi connectivity index (χ0v) is 13.1. The van der Waals surface area contributed by atoms with Crippen LogP contribution in [0.1, 0.15) is 11.7 Å². The van der Waals surface area contributed by atoms with Crippen molar-refractivity contribution in [3.05, 3.63) is 54.2 Å². The van der Waals surface area contributed by atoms with Crippen LogP contribution in [0.5, 0.6) is 0 Å². The molecule has 0 fully saturated rings. The lowest BCUT2D eigenvalue weighted by Crippen LogP contribution is -2.51. The van der Waals surface area contributed by atoms with Crippen molar-refractivity contribution in [2.24, 2.45) is 0 Å². The van der Waals surface area contributed by atoms with E-state index in [0.717, 1.165) is 4.31 Å². The van der Waals surface area contributed by atoms with Crippen molar-refractivity contribution >= 4 is 21.7 Å². The Labute approximate surface area is 133 Å². The van der Waals surface area contributed by atoms with Gasteiger partial charge in [0.05, 0.1) is 4.90 Å². The van der Waals surface area contributed by atoms with E-state index >= 15 is 0 Å². The Kier molecular flexibility index (Phi) is 3.88. The minimum atomic E-state index is -3.85. The first-order chi connectivity index (χ1) is 10.9. The largest absolute Gasteiger partial charge is 0.386 e. The molecule has 1 amide bonds. The predicted molar refractivity (Wildman–Crippen MR) is 83.0 cm³/mol. The van der Waals surface area contributed by atoms with Gasteiger partial charge in [-0.05, 0) is 18.2 Å². The van der Waals surface area contributed by atoms with Gasteiger partial charge in [0, 0.05) is 18.8 Å². The molecular weight excluding hydrogens is 318 g/mol. The molecule has 3 rings (SSSR count). The zero-order chi connectivity index (χ0) is 16.6. The first-order valence-corrected chi connectivity index (χ1v) is 8.34. The number of nitrogens with one attached hydrogen (secondary N) is 1. The predicted octanol–water partition coefficient (Wildman–Crippen LogP) is 0.756. The lowest BCUT2D eigenvalue weighted by atomic mass is 10.0. The van der Waals surface area contributed by atoms with Crippen LogP contribution in [0, 0.1) is 0 Å². The fraction of sp³-hybridized carbons (Fsp3) is 0.200. The van der Waals surface area contributed by atoms with Gasteiger partial charge >= 0.3 is 0 Å². The molecule has 0 saturated carbocycles. The first-order valence-electron chi connectivity index (χ1n) is 6.90. The molecule has 2 aromatic rings. The molecule has 2 atom stereocenters. The number of fused-ring (bicyclic) bond motifs is 1. The van der Waals surface area contributed by atoms with Crippen LogP contribution in [0.25, 0.3) is 0 Å². The summed E-state index contributed by atoms with van der Waals surface area (Å²) in [5.41, 5.74) is 0.215. The fourth-order valence-electron chi connectivity index (χ4n) is 2.58. The van der Waals surface area contributed by atoms with E-state index in [1.165, 1.54) is 25.4 Å². The van der Waals surface area contributed by atoms with Gasteiger partial charge in [0.2, 0.25) is 15.9 Å². The van der Waals surface area contributed by atoms with Crippen LogP contribution in [-0.2, 0) is 14.8 Å². The Bertz CT molecular complexity index is 839. The average molecular weight is 333 g/mol. The molecule has 1 aliphatic rings. The van der Waals surface area contributed by atoms with Gasteiger partial charge in [-0.2, -0.15) is 4.31 Å². The van der Waals surface area contributed by atoms with Crippen LogP contribution >= 0.6 is 0 Å². The normalized spacial score (nSPS) is 23.0. The number of carbonyl (C=O) groups excluding carboxylic acids is 1. The Hall–Kier alpha value is -2.29. The fourth-order valence-corrected chi connectivity index (χ4v) is 4.14. The van der Waals surface area contributed by atoms with E-state index in [1.54, 1.807) is 30.3 Å². The highest BCUT2D eigenvalue weighted by atomic mass is 32.2. The molecular formula is C15H15N3O4S. The standard InChI is InChI=1S/C15H15N3O4S/c1-18-13(15(20)17-12-8-4-5-9-16-12)14(19)10-6-2-3-7-11(10)23(18,21)22/h2-9,13-14,19H,1H3,(H,16,17,20). The highest BCUT2D eigenvalue weighted by molar-refractivity contribution is 7.89. The third kappa shape index (κ3) is 2.61. The summed E-state index contributed by atoms with van der Waals surface area (Å²) in [6.07, 6.45) is 0.242. The molecule has 2 heterocycles. The number of nitrogens with zero attached hydrogens (tertiary/aromatic N) is 2. The maximum absolute atomic E-state index is 12.5. The number of aliphatic hydroxyl groups is 1. The first kappa shape index (κ1) is 15.6. The van der Waals surface area contributed by atoms with Crippen LogP contribution < -0.4 is 5.32 Å². The van der Waals surface area contributed by atoms with E-state index in [-0.39, 0.29) is 16.3 Å². The molecule has 0 saturated heterocycles. The van der Waals surface area contributed by atoms with Gasteiger partial charge in [0.1, 0.15) is 18.0 Å². The highest BCUT2D eigenvalue weighted by Gasteiger charge is 2.45. The van der Waals surface area contributed by atoms with Gasteiger partial charge in [-0.25, -0.2) is 13.4 Å². The van der Waals surface area contributed by atoms with Gasteiger partial charge in [-0.3, -0.25) is 4.79 Å². The second-order valence-corrected chi connectivity index (χ2v) is 7.12. The Balaban J connectivity index is 1.99. The lowest BCUT2D eigenvalue weighted by molar-refractivity contribution is -0.123. The topological polar surface area (TPSA) is 99.6 Å². The van der Waals surface area contributed by atoms with Crippen molar-refractivity contribution in [3.63, 3.8) is 0 Å². The molecule has 7 nitrogen and oxygen atoms in total. The molecule has 1 aromatic carbocycles. The molecule has 23 heavy (non-hydrogen) atoms. The second-order valence-electron chi connectivity index (χ2n) is 5.15. The van der Waals surface area contributed by atoms with E-state index in [9.17, 15) is 18.3 Å². The summed E-state index contributed by atoms with van der Waals surface area (Å²) in [6.45, 7) is 0. The van der Waals surface area contributed by atoms with E-state index in [2.05, 4.69) is 10.3 Å². The Morgan fingerprint density at radius 2 is 1.91 bits per heavy atom. The SMILES string of the molecule is CN1C(C(=O)Nc2ccccn2)C(O)c2ccccc2S1(=O)=O. The van der Waals surface area contributed by atoms with Crippen molar-refractivity contribution in [1.29, 1.82) is 0 Å². The molecule has 2 N–H and O–H groups in total. The van der Waals surface area contributed by atoms with Crippen LogP contribution in [0.15, 0.2) is 53.6 Å². The summed E-state index contributed by atoms with van der Waals surface area (Å²) in [6, 6.07) is 9.81. The summed E-state index contributed by atoms with van der Waals surface area (Å²) in [4.78, 5) is 16.4. The van der Waals surface area contributed by atoms with Crippen molar-refractivity contribution < 1.29 is 18.3 Å². The number of anilines is 1. The number of amides is 1. The number of hydrogen-bond donors (Lipinski definition) is 2. The zero-order valence-electron chi connectivity index (χ0n) is 12.2. The maximum Gasteiger partial charge on any atom is 0.247 e. The van der Waals surface area contributed by atoms with E-state index in [4.69, 9.17) is 0 Å². The van der Waals surface area contributed by atoms with E-state index in [1.807, 2.05) is 0 Å². The summed E-state index contributed by atoms with van der Waals surface area (Å²) in [7, 11) is -2.57. The van der Waals surface area contributed by atoms with Gasteiger partial charge in [-0.1, -0.05) is 24.3 Å². The molecule has 8 heteroatoms. The Morgan fingerprint density at radius 3 is 2.61 bits per heavy atom. The van der Waals surface area contributed by atoms with Crippen molar-refractivity contribution in [2.75, 3.05) is 12.4 Å². The second kappa shape index (κ2) is 5.73. The van der Waals surface area contributed by atoms with Crippen LogP contribution in [-0.4, -0.2) is 41.8 Å². The maximum atomic E-state index is 12.5. The van der Waals surface area contributed by atoms with Crippen molar-refractivity contribution in [3.8, 4) is 0 Å². The molecule has 1 aromatic heterocycles. The van der Waals surface area contributed by atoms with Crippen molar-refractivity contribution in [1.82, 2.24) is 9.29 Å². The molecule has 120 valence electrons. The van der Waals surface area contributed by atoms with Crippen molar-refractivity contribution in [2.45, 2.75) is 17.0 Å². The van der Waals surface area contributed by atoms with Gasteiger partial charge in [-0.15, -0.1) is 0 Å². The highest BCUT2D eigenvalue weighted by Crippen LogP contribution is 2.35. The summed E-state index contributed by atoms with van der Waals surface area (Å²) < 4.78 is 26.0. The molecule has 2 unspecified atom stereocenters. The van der Waals surface area contributed by atoms with Crippen LogP contribution in [0.3, 0.4) is 0 Å². The molecule has 0 radical (unpaired) electrons. The summed E-state index contributed by atoms with van der Waals surface area (Å²) >= 11 is 0. The summed E-state index contributed by atoms with van der Waals surface area (Å²) in [5.74, 6) is -0.355. The lowest BCUT2D eigenvalue weighted by Gasteiger charge is -2.35. The molecule has 0 bridgehead atoms. The van der Waals surface area contributed by atoms with E-state index in [0.29, 0.717) is 0 Å². The van der Waals surface area contributed by atoms with Crippen LogP contribution in [0.2, 0.25) is 0 Å². The number of carbonyl (C=O) groups is 1. The number of aromatic nitrogens is 1. The van der Waals surface area contributed by atoms with Crippen LogP contribution in [0.4, 0.5) is 5.82 Å². The Morgan fingerprint density at radius 1 is 1.22 bits per heavy atom. The smallest absolute Gasteiger partial charge is 0.247 e. The number of rotatable bonds is 2. The third-order valence-electron chi connectivity index (χ3n) is 3.77. The number of pyridine rings is 1.